The SMILES string of the molecule is N#Cc1cc(CO/N=C2\C[NH+]3CCC2CC3)on1. The number of oxime groups is 1. The van der Waals surface area contributed by atoms with Crippen molar-refractivity contribution in [2.45, 2.75) is 19.4 Å². The molecule has 1 aromatic rings. The highest BCUT2D eigenvalue weighted by molar-refractivity contribution is 5.88. The van der Waals surface area contributed by atoms with Crippen LogP contribution in [0.25, 0.3) is 0 Å². The topological polar surface area (TPSA) is 75.8 Å². The summed E-state index contributed by atoms with van der Waals surface area (Å²) in [5.41, 5.74) is 1.44. The van der Waals surface area contributed by atoms with Crippen molar-refractivity contribution < 1.29 is 14.3 Å². The maximum Gasteiger partial charge on any atom is 0.183 e. The molecule has 0 saturated carbocycles. The first kappa shape index (κ1) is 11.2. The molecule has 1 N–H and O–H groups in total. The molecule has 94 valence electrons. The highest BCUT2D eigenvalue weighted by Gasteiger charge is 2.34. The molecule has 3 aliphatic heterocycles. The summed E-state index contributed by atoms with van der Waals surface area (Å²) < 4.78 is 4.93. The van der Waals surface area contributed by atoms with Gasteiger partial charge in [-0.15, -0.1) is 0 Å². The minimum absolute atomic E-state index is 0.236. The van der Waals surface area contributed by atoms with Crippen molar-refractivity contribution in [3.8, 4) is 6.07 Å². The quantitative estimate of drug-likeness (QED) is 0.746. The van der Waals surface area contributed by atoms with Gasteiger partial charge in [0.15, 0.2) is 18.1 Å². The van der Waals surface area contributed by atoms with Gasteiger partial charge < -0.3 is 14.3 Å². The van der Waals surface area contributed by atoms with E-state index in [9.17, 15) is 0 Å². The fraction of sp³-hybridized carbons (Fsp3) is 0.583. The van der Waals surface area contributed by atoms with Gasteiger partial charge in [0.05, 0.1) is 13.1 Å². The number of nitrogens with one attached hydrogen (secondary N) is 1. The summed E-state index contributed by atoms with van der Waals surface area (Å²) in [4.78, 5) is 6.90. The van der Waals surface area contributed by atoms with E-state index in [1.165, 1.54) is 31.6 Å². The lowest BCUT2D eigenvalue weighted by molar-refractivity contribution is -0.902. The number of aromatic nitrogens is 1. The molecular weight excluding hydrogens is 232 g/mol. The van der Waals surface area contributed by atoms with E-state index in [1.54, 1.807) is 11.0 Å². The Morgan fingerprint density at radius 2 is 2.39 bits per heavy atom. The Kier molecular flexibility index (Phi) is 2.99. The second-order valence-electron chi connectivity index (χ2n) is 4.85. The minimum atomic E-state index is 0.236. The van der Waals surface area contributed by atoms with Crippen molar-refractivity contribution in [1.29, 1.82) is 5.26 Å². The first-order valence-corrected chi connectivity index (χ1v) is 6.23. The summed E-state index contributed by atoms with van der Waals surface area (Å²) >= 11 is 0. The van der Waals surface area contributed by atoms with Crippen molar-refractivity contribution >= 4 is 5.71 Å². The van der Waals surface area contributed by atoms with Gasteiger partial charge in [0, 0.05) is 24.8 Å². The highest BCUT2D eigenvalue weighted by Crippen LogP contribution is 2.16. The van der Waals surface area contributed by atoms with E-state index < -0.39 is 0 Å². The molecule has 2 bridgehead atoms. The fourth-order valence-corrected chi connectivity index (χ4v) is 2.66. The second kappa shape index (κ2) is 4.78. The number of rotatable bonds is 3. The predicted octanol–water partition coefficient (Wildman–Crippen LogP) is -0.273. The highest BCUT2D eigenvalue weighted by atomic mass is 16.6. The number of hydrogen-bond acceptors (Lipinski definition) is 5. The zero-order valence-corrected chi connectivity index (χ0v) is 10.1. The summed E-state index contributed by atoms with van der Waals surface area (Å²) in [6.45, 7) is 3.76. The van der Waals surface area contributed by atoms with Gasteiger partial charge in [-0.3, -0.25) is 0 Å². The maximum atomic E-state index is 8.61. The van der Waals surface area contributed by atoms with E-state index in [-0.39, 0.29) is 12.3 Å². The third-order valence-electron chi connectivity index (χ3n) is 3.66. The third-order valence-corrected chi connectivity index (χ3v) is 3.66. The second-order valence-corrected chi connectivity index (χ2v) is 4.85. The molecule has 4 rings (SSSR count). The standard InChI is InChI=1S/C12H14N4O2/c13-6-10-5-11(18-14-10)8-17-15-12-7-16-3-1-9(12)2-4-16/h5,9H,1-4,7-8H2/p+1/b15-12+. The number of hydrogen-bond donors (Lipinski definition) is 1. The number of piperidine rings is 3. The lowest BCUT2D eigenvalue weighted by atomic mass is 9.87. The smallest absolute Gasteiger partial charge is 0.183 e. The number of fused-ring (bicyclic) bond motifs is 3. The average Bonchev–Trinajstić information content (AvgIpc) is 2.88. The maximum absolute atomic E-state index is 8.61. The van der Waals surface area contributed by atoms with Crippen LogP contribution in [-0.4, -0.2) is 30.5 Å². The number of nitrogens with zero attached hydrogens (tertiary/aromatic N) is 3. The van der Waals surface area contributed by atoms with Crippen molar-refractivity contribution in [2.24, 2.45) is 11.1 Å². The van der Waals surface area contributed by atoms with Gasteiger partial charge in [-0.1, -0.05) is 10.3 Å². The summed E-state index contributed by atoms with van der Waals surface area (Å²) in [6.07, 6.45) is 2.44. The van der Waals surface area contributed by atoms with Crippen LogP contribution in [0.2, 0.25) is 0 Å². The largest absolute Gasteiger partial charge is 0.387 e. The molecule has 0 atom stereocenters. The van der Waals surface area contributed by atoms with E-state index in [2.05, 4.69) is 10.3 Å². The molecule has 0 aliphatic carbocycles. The predicted molar refractivity (Wildman–Crippen MR) is 61.7 cm³/mol. The zero-order valence-electron chi connectivity index (χ0n) is 10.1. The molecule has 0 unspecified atom stereocenters. The van der Waals surface area contributed by atoms with Crippen LogP contribution < -0.4 is 4.90 Å². The van der Waals surface area contributed by atoms with Crippen molar-refractivity contribution in [3.05, 3.63) is 17.5 Å². The van der Waals surface area contributed by atoms with Crippen molar-refractivity contribution in [3.63, 3.8) is 0 Å². The molecule has 4 heterocycles. The number of quaternary nitrogens is 1. The molecule has 0 radical (unpaired) electrons. The lowest BCUT2D eigenvalue weighted by Gasteiger charge is -2.36. The molecular formula is C12H15N4O2+. The summed E-state index contributed by atoms with van der Waals surface area (Å²) in [7, 11) is 0. The van der Waals surface area contributed by atoms with E-state index in [0.717, 1.165) is 6.54 Å². The molecule has 3 saturated heterocycles. The monoisotopic (exact) mass is 247 g/mol. The molecule has 1 aromatic heterocycles. The van der Waals surface area contributed by atoms with E-state index in [1.807, 2.05) is 6.07 Å². The molecule has 6 heteroatoms. The molecule has 0 spiro atoms. The van der Waals surface area contributed by atoms with Crippen molar-refractivity contribution in [1.82, 2.24) is 5.16 Å². The van der Waals surface area contributed by atoms with Gasteiger partial charge in [0.2, 0.25) is 0 Å². The fourth-order valence-electron chi connectivity index (χ4n) is 2.66. The zero-order chi connectivity index (χ0) is 12.4. The summed E-state index contributed by atoms with van der Waals surface area (Å²) in [6, 6.07) is 3.48. The molecule has 0 aromatic carbocycles. The normalized spacial score (nSPS) is 28.3. The van der Waals surface area contributed by atoms with Crippen LogP contribution in [0, 0.1) is 17.2 Å². The van der Waals surface area contributed by atoms with E-state index >= 15 is 0 Å². The molecule has 0 amide bonds. The Morgan fingerprint density at radius 1 is 1.56 bits per heavy atom. The Bertz CT molecular complexity index is 494. The summed E-state index contributed by atoms with van der Waals surface area (Å²) in [5, 5.41) is 16.4. The third kappa shape index (κ3) is 2.22. The van der Waals surface area contributed by atoms with Gasteiger partial charge >= 0.3 is 0 Å². The Morgan fingerprint density at radius 3 is 3.00 bits per heavy atom. The molecule has 3 fully saturated rings. The lowest BCUT2D eigenvalue weighted by Crippen LogP contribution is -3.16. The van der Waals surface area contributed by atoms with Crippen LogP contribution in [0.3, 0.4) is 0 Å². The molecule has 18 heavy (non-hydrogen) atoms. The number of nitriles is 1. The van der Waals surface area contributed by atoms with E-state index in [0.29, 0.717) is 11.7 Å². The minimum Gasteiger partial charge on any atom is -0.387 e. The van der Waals surface area contributed by atoms with Crippen molar-refractivity contribution in [2.75, 3.05) is 19.6 Å². The first-order valence-electron chi connectivity index (χ1n) is 6.23. The van der Waals surface area contributed by atoms with Crippen LogP contribution in [0.1, 0.15) is 24.3 Å². The van der Waals surface area contributed by atoms with Gasteiger partial charge in [-0.2, -0.15) is 5.26 Å². The molecule has 6 nitrogen and oxygen atoms in total. The Labute approximate surface area is 105 Å². The van der Waals surface area contributed by atoms with Crippen LogP contribution >= 0.6 is 0 Å². The van der Waals surface area contributed by atoms with Crippen LogP contribution in [0.4, 0.5) is 0 Å². The van der Waals surface area contributed by atoms with Crippen LogP contribution in [-0.2, 0) is 11.4 Å². The van der Waals surface area contributed by atoms with Crippen LogP contribution in [0.15, 0.2) is 15.7 Å². The molecule has 3 aliphatic rings. The Hall–Kier alpha value is -1.87. The summed E-state index contributed by atoms with van der Waals surface area (Å²) in [5.74, 6) is 1.14. The van der Waals surface area contributed by atoms with Gasteiger partial charge in [-0.05, 0) is 0 Å². The van der Waals surface area contributed by atoms with Gasteiger partial charge in [-0.25, -0.2) is 0 Å². The van der Waals surface area contributed by atoms with Gasteiger partial charge in [0.25, 0.3) is 0 Å². The Balaban J connectivity index is 1.56. The average molecular weight is 247 g/mol. The van der Waals surface area contributed by atoms with Crippen LogP contribution in [0.5, 0.6) is 0 Å². The van der Waals surface area contributed by atoms with Gasteiger partial charge in [0.1, 0.15) is 18.3 Å². The van der Waals surface area contributed by atoms with E-state index in [4.69, 9.17) is 14.6 Å². The first-order chi connectivity index (χ1) is 8.85.